The Hall–Kier alpha value is -3.65. The first-order chi connectivity index (χ1) is 16.2. The number of hydrogen-bond donors (Lipinski definition) is 1. The number of unbranched alkanes of at least 4 members (excludes halogenated alkanes) is 1. The maximum absolute atomic E-state index is 12.4. The maximum Gasteiger partial charge on any atom is 0.419 e. The summed E-state index contributed by atoms with van der Waals surface area (Å²) in [5.41, 5.74) is 5.89. The van der Waals surface area contributed by atoms with Gasteiger partial charge < -0.3 is 19.0 Å². The van der Waals surface area contributed by atoms with Gasteiger partial charge in [-0.05, 0) is 78.3 Å². The Balaban J connectivity index is 2.19. The number of aromatic nitrogens is 1. The third-order valence-corrected chi connectivity index (χ3v) is 5.90. The van der Waals surface area contributed by atoms with Gasteiger partial charge in [-0.3, -0.25) is 9.36 Å². The van der Waals surface area contributed by atoms with Gasteiger partial charge in [0.15, 0.2) is 5.58 Å². The van der Waals surface area contributed by atoms with Gasteiger partial charge in [-0.25, -0.2) is 9.59 Å². The number of rotatable bonds is 8. The summed E-state index contributed by atoms with van der Waals surface area (Å²) in [5.74, 6) is -1.27. The van der Waals surface area contributed by atoms with Gasteiger partial charge in [-0.2, -0.15) is 0 Å². The molecule has 0 spiro atoms. The van der Waals surface area contributed by atoms with Crippen molar-refractivity contribution < 1.29 is 28.6 Å². The molecule has 180 valence electrons. The molecule has 0 aliphatic carbocycles. The molecule has 2 aromatic carbocycles. The summed E-state index contributed by atoms with van der Waals surface area (Å²) in [6.07, 6.45) is 3.44. The first kappa shape index (κ1) is 25.0. The number of aliphatic hydroxyl groups is 1. The number of aryl methyl sites for hydroxylation is 3. The average Bonchev–Trinajstić information content (AvgIpc) is 3.11. The van der Waals surface area contributed by atoms with Gasteiger partial charge in [0.1, 0.15) is 0 Å². The summed E-state index contributed by atoms with van der Waals surface area (Å²) < 4.78 is 16.5. The molecule has 0 fully saturated rings. The molecular formula is C26H29NO7. The minimum atomic E-state index is -0.539. The number of aliphatic hydroxyl groups excluding tert-OH is 1. The number of carbonyl (C=O) groups excluding carboxylic acids is 2. The van der Waals surface area contributed by atoms with Crippen molar-refractivity contribution in [1.82, 2.24) is 4.57 Å². The van der Waals surface area contributed by atoms with Crippen LogP contribution < -0.4 is 5.76 Å². The van der Waals surface area contributed by atoms with Crippen LogP contribution in [-0.2, 0) is 27.9 Å². The lowest BCUT2D eigenvalue weighted by Crippen LogP contribution is -2.09. The standard InChI is InChI=1S/C26H29NO7/c1-15-10-17(12-20(21(15)14-28)25(30)33-5)19(8-6-7-9-23(29)32-4)18-11-16(2)24-22(13-18)27(3)26(31)34-24/h8,10-13,28H,6-7,9,14H2,1-5H3/b19-8+. The van der Waals surface area contributed by atoms with Crippen LogP contribution in [0.25, 0.3) is 16.7 Å². The van der Waals surface area contributed by atoms with Crippen molar-refractivity contribution in [2.24, 2.45) is 7.05 Å². The minimum Gasteiger partial charge on any atom is -0.469 e. The number of esters is 2. The van der Waals surface area contributed by atoms with E-state index in [9.17, 15) is 19.5 Å². The van der Waals surface area contributed by atoms with E-state index in [1.54, 1.807) is 13.1 Å². The molecule has 34 heavy (non-hydrogen) atoms. The molecule has 0 atom stereocenters. The van der Waals surface area contributed by atoms with Crippen LogP contribution in [0.15, 0.2) is 39.6 Å². The molecule has 0 bridgehead atoms. The molecule has 3 rings (SSSR count). The first-order valence-electron chi connectivity index (χ1n) is 10.9. The lowest BCUT2D eigenvalue weighted by Gasteiger charge is -2.16. The highest BCUT2D eigenvalue weighted by molar-refractivity contribution is 5.94. The maximum atomic E-state index is 12.4. The van der Waals surface area contributed by atoms with E-state index in [2.05, 4.69) is 0 Å². The fourth-order valence-electron chi connectivity index (χ4n) is 4.02. The van der Waals surface area contributed by atoms with E-state index in [1.165, 1.54) is 18.8 Å². The number of allylic oxidation sites excluding steroid dienone is 1. The Kier molecular flexibility index (Phi) is 7.73. The van der Waals surface area contributed by atoms with Crippen molar-refractivity contribution in [3.05, 3.63) is 74.3 Å². The van der Waals surface area contributed by atoms with Gasteiger partial charge in [0.2, 0.25) is 0 Å². The number of nitrogens with zero attached hydrogens (tertiary/aromatic N) is 1. The zero-order chi connectivity index (χ0) is 25.0. The highest BCUT2D eigenvalue weighted by atomic mass is 16.5. The molecule has 1 N–H and O–H groups in total. The van der Waals surface area contributed by atoms with Crippen molar-refractivity contribution >= 4 is 28.6 Å². The molecule has 0 saturated carbocycles. The third-order valence-electron chi connectivity index (χ3n) is 5.90. The second-order valence-corrected chi connectivity index (χ2v) is 8.12. The highest BCUT2D eigenvalue weighted by Crippen LogP contribution is 2.32. The minimum absolute atomic E-state index is 0.281. The topological polar surface area (TPSA) is 108 Å². The van der Waals surface area contributed by atoms with Crippen LogP contribution in [0.3, 0.4) is 0 Å². The molecule has 1 aromatic heterocycles. The third kappa shape index (κ3) is 4.97. The van der Waals surface area contributed by atoms with E-state index < -0.39 is 11.7 Å². The van der Waals surface area contributed by atoms with Crippen LogP contribution in [0, 0.1) is 13.8 Å². The quantitative estimate of drug-likeness (QED) is 0.396. The first-order valence-corrected chi connectivity index (χ1v) is 10.9. The second-order valence-electron chi connectivity index (χ2n) is 8.12. The van der Waals surface area contributed by atoms with Crippen molar-refractivity contribution in [2.45, 2.75) is 39.7 Å². The number of hydrogen-bond acceptors (Lipinski definition) is 7. The Labute approximate surface area is 197 Å². The van der Waals surface area contributed by atoms with E-state index in [1.807, 2.05) is 38.1 Å². The summed E-state index contributed by atoms with van der Waals surface area (Å²) in [6, 6.07) is 7.39. The largest absolute Gasteiger partial charge is 0.469 e. The number of carbonyl (C=O) groups is 2. The van der Waals surface area contributed by atoms with Gasteiger partial charge in [0.25, 0.3) is 0 Å². The van der Waals surface area contributed by atoms with E-state index >= 15 is 0 Å². The second kappa shape index (κ2) is 10.5. The molecule has 0 amide bonds. The molecule has 0 aliphatic heterocycles. The van der Waals surface area contributed by atoms with Gasteiger partial charge >= 0.3 is 17.7 Å². The Morgan fingerprint density at radius 2 is 1.74 bits per heavy atom. The van der Waals surface area contributed by atoms with Crippen LogP contribution in [-0.4, -0.2) is 35.8 Å². The van der Waals surface area contributed by atoms with Crippen LogP contribution in [0.2, 0.25) is 0 Å². The van der Waals surface area contributed by atoms with Crippen LogP contribution in [0.1, 0.15) is 57.4 Å². The Bertz CT molecular complexity index is 1330. The molecule has 8 nitrogen and oxygen atoms in total. The Morgan fingerprint density at radius 3 is 2.38 bits per heavy atom. The van der Waals surface area contributed by atoms with Gasteiger partial charge in [-0.1, -0.05) is 12.1 Å². The van der Waals surface area contributed by atoms with Gasteiger partial charge in [0.05, 0.1) is 31.9 Å². The summed E-state index contributed by atoms with van der Waals surface area (Å²) in [4.78, 5) is 36.1. The predicted molar refractivity (Wildman–Crippen MR) is 128 cm³/mol. The lowest BCUT2D eigenvalue weighted by molar-refractivity contribution is -0.140. The van der Waals surface area contributed by atoms with Crippen LogP contribution >= 0.6 is 0 Å². The lowest BCUT2D eigenvalue weighted by atomic mass is 9.90. The fraction of sp³-hybridized carbons (Fsp3) is 0.346. The van der Waals surface area contributed by atoms with E-state index in [0.29, 0.717) is 29.5 Å². The van der Waals surface area contributed by atoms with Crippen molar-refractivity contribution in [2.75, 3.05) is 14.2 Å². The summed E-state index contributed by atoms with van der Waals surface area (Å²) in [6.45, 7) is 3.39. The molecule has 8 heteroatoms. The zero-order valence-corrected chi connectivity index (χ0v) is 20.1. The molecule has 0 saturated heterocycles. The highest BCUT2D eigenvalue weighted by Gasteiger charge is 2.19. The number of methoxy groups -OCH3 is 2. The number of fused-ring (bicyclic) bond motifs is 1. The zero-order valence-electron chi connectivity index (χ0n) is 20.1. The molecule has 1 heterocycles. The monoisotopic (exact) mass is 467 g/mol. The predicted octanol–water partition coefficient (Wildman–Crippen LogP) is 3.80. The molecular weight excluding hydrogens is 438 g/mol. The number of ether oxygens (including phenoxy) is 2. The summed E-state index contributed by atoms with van der Waals surface area (Å²) >= 11 is 0. The van der Waals surface area contributed by atoms with Crippen molar-refractivity contribution in [3.8, 4) is 0 Å². The summed E-state index contributed by atoms with van der Waals surface area (Å²) in [7, 11) is 4.30. The number of oxazole rings is 1. The van der Waals surface area contributed by atoms with Gasteiger partial charge in [0, 0.05) is 13.5 Å². The fourth-order valence-corrected chi connectivity index (χ4v) is 4.02. The van der Waals surface area contributed by atoms with Crippen molar-refractivity contribution in [1.29, 1.82) is 0 Å². The SMILES string of the molecule is COC(=O)CCC/C=C(\c1cc(C)c(CO)c(C(=O)OC)c1)c1cc(C)c2oc(=O)n(C)c2c1. The van der Waals surface area contributed by atoms with Crippen LogP contribution in [0.4, 0.5) is 0 Å². The van der Waals surface area contributed by atoms with Crippen molar-refractivity contribution in [3.63, 3.8) is 0 Å². The molecule has 0 radical (unpaired) electrons. The molecule has 0 aliphatic rings. The normalized spacial score (nSPS) is 11.6. The molecule has 0 unspecified atom stereocenters. The van der Waals surface area contributed by atoms with Gasteiger partial charge in [-0.15, -0.1) is 0 Å². The molecule has 3 aromatic rings. The average molecular weight is 468 g/mol. The van der Waals surface area contributed by atoms with E-state index in [4.69, 9.17) is 13.9 Å². The van der Waals surface area contributed by atoms with Crippen LogP contribution in [0.5, 0.6) is 0 Å². The Morgan fingerprint density at radius 1 is 1.06 bits per heavy atom. The van der Waals surface area contributed by atoms with E-state index in [-0.39, 0.29) is 24.6 Å². The van der Waals surface area contributed by atoms with E-state index in [0.717, 1.165) is 27.8 Å². The number of benzene rings is 2. The smallest absolute Gasteiger partial charge is 0.419 e. The summed E-state index contributed by atoms with van der Waals surface area (Å²) in [5, 5.41) is 9.82.